The molecule has 0 fully saturated rings. The van der Waals surface area contributed by atoms with E-state index in [2.05, 4.69) is 34.9 Å². The first kappa shape index (κ1) is 29.5. The van der Waals surface area contributed by atoms with Crippen molar-refractivity contribution in [3.05, 3.63) is 94.5 Å². The summed E-state index contributed by atoms with van der Waals surface area (Å²) in [6, 6.07) is 19.0. The third kappa shape index (κ3) is 10.0. The maximum absolute atomic E-state index is 13.0. The third-order valence-corrected chi connectivity index (χ3v) is 6.74. The molecule has 3 rings (SSSR count). The van der Waals surface area contributed by atoms with E-state index in [-0.39, 0.29) is 11.5 Å². The van der Waals surface area contributed by atoms with Gasteiger partial charge in [-0.3, -0.25) is 0 Å². The van der Waals surface area contributed by atoms with Gasteiger partial charge in [0.2, 0.25) is 0 Å². The lowest BCUT2D eigenvalue weighted by Crippen LogP contribution is -2.20. The van der Waals surface area contributed by atoms with E-state index >= 15 is 0 Å². The Morgan fingerprint density at radius 1 is 0.605 bits per heavy atom. The van der Waals surface area contributed by atoms with E-state index < -0.39 is 11.7 Å². The van der Waals surface area contributed by atoms with Crippen molar-refractivity contribution < 1.29 is 23.4 Å². The lowest BCUT2D eigenvalue weighted by atomic mass is 9.96. The predicted octanol–water partition coefficient (Wildman–Crippen LogP) is 6.43. The van der Waals surface area contributed by atoms with Crippen molar-refractivity contribution in [1.29, 1.82) is 0 Å². The second kappa shape index (κ2) is 15.4. The highest BCUT2D eigenvalue weighted by molar-refractivity contribution is 5.49. The van der Waals surface area contributed by atoms with E-state index in [1.165, 1.54) is 24.1 Å². The SMILES string of the molecule is Oc1ccc(CCNCCCCCCNCCc2ccccc2)c(CCc2cccc(C(F)(F)F)c2)c1O. The molecular weight excluding hydrogens is 489 g/mol. The number of aryl methyl sites for hydroxylation is 1. The van der Waals surface area contributed by atoms with Crippen molar-refractivity contribution in [2.24, 2.45) is 0 Å². The number of aromatic hydroxyl groups is 2. The Kier molecular flexibility index (Phi) is 12.0. The number of benzene rings is 3. The summed E-state index contributed by atoms with van der Waals surface area (Å²) in [5.74, 6) is -0.401. The van der Waals surface area contributed by atoms with Gasteiger partial charge < -0.3 is 20.8 Å². The molecule has 0 heterocycles. The molecule has 0 unspecified atom stereocenters. The summed E-state index contributed by atoms with van der Waals surface area (Å²) in [6.07, 6.45) is 2.61. The minimum atomic E-state index is -4.39. The highest BCUT2D eigenvalue weighted by Crippen LogP contribution is 2.33. The summed E-state index contributed by atoms with van der Waals surface area (Å²) in [4.78, 5) is 0. The van der Waals surface area contributed by atoms with Crippen molar-refractivity contribution in [3.63, 3.8) is 0 Å². The second-order valence-electron chi connectivity index (χ2n) is 9.67. The summed E-state index contributed by atoms with van der Waals surface area (Å²) in [6.45, 7) is 3.67. The maximum atomic E-state index is 13.0. The fourth-order valence-corrected chi connectivity index (χ4v) is 4.56. The van der Waals surface area contributed by atoms with Crippen molar-refractivity contribution in [2.75, 3.05) is 26.2 Å². The quantitative estimate of drug-likeness (QED) is 0.128. The number of hydrogen-bond donors (Lipinski definition) is 4. The van der Waals surface area contributed by atoms with E-state index in [1.54, 1.807) is 12.1 Å². The fourth-order valence-electron chi connectivity index (χ4n) is 4.56. The van der Waals surface area contributed by atoms with Crippen LogP contribution < -0.4 is 10.6 Å². The van der Waals surface area contributed by atoms with Gasteiger partial charge in [0.25, 0.3) is 0 Å². The number of rotatable bonds is 16. The van der Waals surface area contributed by atoms with Gasteiger partial charge in [-0.05, 0) is 93.5 Å². The zero-order valence-corrected chi connectivity index (χ0v) is 21.9. The van der Waals surface area contributed by atoms with Gasteiger partial charge >= 0.3 is 6.18 Å². The summed E-state index contributed by atoms with van der Waals surface area (Å²) in [5, 5.41) is 27.3. The van der Waals surface area contributed by atoms with E-state index in [4.69, 9.17) is 0 Å². The molecule has 38 heavy (non-hydrogen) atoms. The molecule has 206 valence electrons. The lowest BCUT2D eigenvalue weighted by Gasteiger charge is -2.14. The molecule has 0 spiro atoms. The number of halogens is 3. The molecule has 4 nitrogen and oxygen atoms in total. The molecule has 7 heteroatoms. The van der Waals surface area contributed by atoms with Gasteiger partial charge in [-0.25, -0.2) is 0 Å². The first-order valence-electron chi connectivity index (χ1n) is 13.5. The first-order chi connectivity index (χ1) is 18.3. The monoisotopic (exact) mass is 528 g/mol. The van der Waals surface area contributed by atoms with Crippen molar-refractivity contribution in [1.82, 2.24) is 10.6 Å². The highest BCUT2D eigenvalue weighted by atomic mass is 19.4. The van der Waals surface area contributed by atoms with Crippen LogP contribution in [0.1, 0.15) is 53.5 Å². The van der Waals surface area contributed by atoms with Crippen LogP contribution in [0.15, 0.2) is 66.7 Å². The zero-order valence-electron chi connectivity index (χ0n) is 21.9. The molecule has 0 amide bonds. The minimum Gasteiger partial charge on any atom is -0.504 e. The number of alkyl halides is 3. The largest absolute Gasteiger partial charge is 0.504 e. The Labute approximate surface area is 223 Å². The van der Waals surface area contributed by atoms with Crippen molar-refractivity contribution >= 4 is 0 Å². The van der Waals surface area contributed by atoms with Gasteiger partial charge in [-0.2, -0.15) is 13.2 Å². The molecule has 0 aromatic heterocycles. The Balaban J connectivity index is 1.32. The standard InChI is InChI=1S/C31H39F3N2O2/c32-31(33,34)27-12-8-11-25(23-27)13-15-28-26(14-16-29(37)30(28)38)18-22-36-20-7-2-1-6-19-35-21-17-24-9-4-3-5-10-24/h3-5,8-12,14,16,23,35-38H,1-2,6-7,13,15,17-22H2. The van der Waals surface area contributed by atoms with Crippen LogP contribution in [-0.2, 0) is 31.9 Å². The van der Waals surface area contributed by atoms with Crippen LogP contribution in [0.5, 0.6) is 11.5 Å². The van der Waals surface area contributed by atoms with Crippen LogP contribution in [0.2, 0.25) is 0 Å². The summed E-state index contributed by atoms with van der Waals surface area (Å²) in [5.41, 5.74) is 2.69. The molecule has 0 aliphatic carbocycles. The van der Waals surface area contributed by atoms with Crippen LogP contribution in [-0.4, -0.2) is 36.4 Å². The van der Waals surface area contributed by atoms with Crippen LogP contribution in [0.25, 0.3) is 0 Å². The van der Waals surface area contributed by atoms with Gasteiger partial charge in [-0.15, -0.1) is 0 Å². The molecule has 0 saturated carbocycles. The Hall–Kier alpha value is -3.03. The Bertz CT molecular complexity index is 1100. The topological polar surface area (TPSA) is 64.5 Å². The zero-order chi connectivity index (χ0) is 27.2. The molecule has 0 aliphatic rings. The van der Waals surface area contributed by atoms with E-state index in [9.17, 15) is 23.4 Å². The summed E-state index contributed by atoms with van der Waals surface area (Å²) < 4.78 is 39.1. The lowest BCUT2D eigenvalue weighted by molar-refractivity contribution is -0.137. The van der Waals surface area contributed by atoms with E-state index in [0.29, 0.717) is 30.4 Å². The Morgan fingerprint density at radius 3 is 1.95 bits per heavy atom. The minimum absolute atomic E-state index is 0.188. The van der Waals surface area contributed by atoms with E-state index in [0.717, 1.165) is 69.6 Å². The van der Waals surface area contributed by atoms with Gasteiger partial charge in [0.05, 0.1) is 5.56 Å². The number of unbranched alkanes of at least 4 members (excludes halogenated alkanes) is 3. The van der Waals surface area contributed by atoms with Gasteiger partial charge in [0.1, 0.15) is 0 Å². The smallest absolute Gasteiger partial charge is 0.416 e. The molecule has 3 aromatic carbocycles. The predicted molar refractivity (Wildman–Crippen MR) is 147 cm³/mol. The second-order valence-corrected chi connectivity index (χ2v) is 9.67. The molecule has 0 radical (unpaired) electrons. The van der Waals surface area contributed by atoms with Crippen LogP contribution in [0.3, 0.4) is 0 Å². The Morgan fingerprint density at radius 2 is 1.26 bits per heavy atom. The molecular formula is C31H39F3N2O2. The van der Waals surface area contributed by atoms with E-state index in [1.807, 2.05) is 6.07 Å². The molecule has 0 bridgehead atoms. The van der Waals surface area contributed by atoms with Crippen molar-refractivity contribution in [3.8, 4) is 11.5 Å². The van der Waals surface area contributed by atoms with Gasteiger partial charge in [0, 0.05) is 5.56 Å². The number of hydrogen-bond acceptors (Lipinski definition) is 4. The van der Waals surface area contributed by atoms with Gasteiger partial charge in [-0.1, -0.05) is 67.4 Å². The fraction of sp³-hybridized carbons (Fsp3) is 0.419. The third-order valence-electron chi connectivity index (χ3n) is 6.74. The summed E-state index contributed by atoms with van der Waals surface area (Å²) >= 11 is 0. The number of nitrogens with one attached hydrogen (secondary N) is 2. The summed E-state index contributed by atoms with van der Waals surface area (Å²) in [7, 11) is 0. The average Bonchev–Trinajstić information content (AvgIpc) is 2.91. The van der Waals surface area contributed by atoms with Crippen molar-refractivity contribution in [2.45, 2.75) is 57.5 Å². The number of phenols is 2. The average molecular weight is 529 g/mol. The van der Waals surface area contributed by atoms with Crippen LogP contribution in [0, 0.1) is 0 Å². The number of phenolic OH excluding ortho intramolecular Hbond substituents is 2. The molecule has 4 N–H and O–H groups in total. The molecule has 0 aliphatic heterocycles. The molecule has 0 atom stereocenters. The van der Waals surface area contributed by atoms with Crippen LogP contribution >= 0.6 is 0 Å². The highest BCUT2D eigenvalue weighted by Gasteiger charge is 2.30. The van der Waals surface area contributed by atoms with Crippen LogP contribution in [0.4, 0.5) is 13.2 Å². The van der Waals surface area contributed by atoms with Gasteiger partial charge in [0.15, 0.2) is 11.5 Å². The molecule has 3 aromatic rings. The molecule has 0 saturated heterocycles. The normalized spacial score (nSPS) is 11.7. The maximum Gasteiger partial charge on any atom is 0.416 e. The first-order valence-corrected chi connectivity index (χ1v) is 13.5.